The van der Waals surface area contributed by atoms with Crippen molar-refractivity contribution in [2.75, 3.05) is 55.4 Å². The lowest BCUT2D eigenvalue weighted by atomic mass is 9.64. The average Bonchev–Trinajstić information content (AvgIpc) is 3.28. The summed E-state index contributed by atoms with van der Waals surface area (Å²) in [5, 5.41) is 0. The summed E-state index contributed by atoms with van der Waals surface area (Å²) in [6, 6.07) is 17.0. The van der Waals surface area contributed by atoms with Crippen LogP contribution in [0.5, 0.6) is 0 Å². The second-order valence-electron chi connectivity index (χ2n) is 8.32. The third-order valence-corrected chi connectivity index (χ3v) is 5.36. The molecule has 2 atom stereocenters. The van der Waals surface area contributed by atoms with Gasteiger partial charge >= 0.3 is 13.8 Å². The molecule has 176 valence electrons. The van der Waals surface area contributed by atoms with Gasteiger partial charge in [0.2, 0.25) is 0 Å². The molecule has 4 rings (SSSR count). The zero-order valence-electron chi connectivity index (χ0n) is 21.2. The molecule has 0 spiro atoms. The van der Waals surface area contributed by atoms with Crippen LogP contribution in [0, 0.1) is 0 Å². The molecule has 6 nitrogen and oxygen atoms in total. The zero-order chi connectivity index (χ0) is 24.3. The van der Waals surface area contributed by atoms with E-state index >= 15 is 0 Å². The van der Waals surface area contributed by atoms with E-state index in [0.717, 1.165) is 13.1 Å². The first-order valence-electron chi connectivity index (χ1n) is 11.3. The lowest BCUT2D eigenvalue weighted by Gasteiger charge is -2.17. The van der Waals surface area contributed by atoms with Gasteiger partial charge in [-0.3, -0.25) is 0 Å². The fraction of sp³-hybridized carbons (Fsp3) is 0.500. The van der Waals surface area contributed by atoms with Gasteiger partial charge in [-0.05, 0) is 64.3 Å². The van der Waals surface area contributed by atoms with Crippen molar-refractivity contribution in [3.63, 3.8) is 0 Å². The third kappa shape index (κ3) is 7.73. The molecule has 2 aromatic carbocycles. The average molecular weight is 440 g/mol. The van der Waals surface area contributed by atoms with Crippen LogP contribution in [0.1, 0.15) is 23.3 Å². The van der Waals surface area contributed by atoms with Gasteiger partial charge in [-0.25, -0.2) is 0 Å². The van der Waals surface area contributed by atoms with Crippen molar-refractivity contribution >= 4 is 24.8 Å². The fourth-order valence-electron chi connectivity index (χ4n) is 4.08. The number of fused-ring (bicyclic) bond motifs is 2. The van der Waals surface area contributed by atoms with Gasteiger partial charge in [0.25, 0.3) is 0 Å². The fourth-order valence-corrected chi connectivity index (χ4v) is 4.08. The first-order chi connectivity index (χ1) is 15.4. The standard InChI is InChI=1S/2C11H16BNO.2CH5N/c2*1-12-10-7-5-4-6-9(10)11(14-12)8-13(2)3;2*1-2/h2*4-7,11H,8H2,1-3H3;2*2H2,1H3. The number of rotatable bonds is 4. The quantitative estimate of drug-likeness (QED) is 0.702. The van der Waals surface area contributed by atoms with Gasteiger partial charge in [0.05, 0.1) is 12.2 Å². The third-order valence-electron chi connectivity index (χ3n) is 5.36. The number of nitrogens with zero attached hydrogens (tertiary/aromatic N) is 2. The molecule has 0 fully saturated rings. The SMILES string of the molecule is CB1OC(CN(C)C)c2ccccc21.CB1OC(CN(C)C)c2ccccc21.CN.CN. The maximum atomic E-state index is 5.90. The largest absolute Gasteiger partial charge is 0.423 e. The minimum Gasteiger partial charge on any atom is -0.423 e. The minimum absolute atomic E-state index is 0.246. The van der Waals surface area contributed by atoms with Crippen LogP contribution in [0.15, 0.2) is 48.5 Å². The summed E-state index contributed by atoms with van der Waals surface area (Å²) >= 11 is 0. The molecule has 2 aromatic rings. The molecule has 4 N–H and O–H groups in total. The molecule has 2 heterocycles. The van der Waals surface area contributed by atoms with Crippen LogP contribution in [0.3, 0.4) is 0 Å². The smallest absolute Gasteiger partial charge is 0.324 e. The summed E-state index contributed by atoms with van der Waals surface area (Å²) in [6.07, 6.45) is 0.493. The first kappa shape index (κ1) is 28.4. The Morgan fingerprint density at radius 2 is 0.969 bits per heavy atom. The molecule has 0 aromatic heterocycles. The van der Waals surface area contributed by atoms with Gasteiger partial charge in [-0.15, -0.1) is 0 Å². The molecule has 0 aliphatic carbocycles. The van der Waals surface area contributed by atoms with Gasteiger partial charge < -0.3 is 30.6 Å². The molecular weight excluding hydrogens is 398 g/mol. The predicted molar refractivity (Wildman–Crippen MR) is 140 cm³/mol. The monoisotopic (exact) mass is 440 g/mol. The van der Waals surface area contributed by atoms with Crippen molar-refractivity contribution < 1.29 is 9.31 Å². The van der Waals surface area contributed by atoms with Crippen molar-refractivity contribution in [3.8, 4) is 0 Å². The summed E-state index contributed by atoms with van der Waals surface area (Å²) in [5.41, 5.74) is 14.4. The minimum atomic E-state index is 0.246. The Labute approximate surface area is 196 Å². The molecule has 0 saturated carbocycles. The second-order valence-corrected chi connectivity index (χ2v) is 8.32. The van der Waals surface area contributed by atoms with Gasteiger partial charge in [0, 0.05) is 13.1 Å². The van der Waals surface area contributed by atoms with Gasteiger partial charge in [-0.2, -0.15) is 0 Å². The molecular formula is C24H42B2N4O2. The number of likely N-dealkylation sites (N-methyl/N-ethyl adjacent to an activating group) is 2. The zero-order valence-corrected chi connectivity index (χ0v) is 21.2. The van der Waals surface area contributed by atoms with Crippen molar-refractivity contribution in [1.29, 1.82) is 0 Å². The van der Waals surface area contributed by atoms with E-state index in [1.54, 1.807) is 0 Å². The number of nitrogens with two attached hydrogens (primary N) is 2. The van der Waals surface area contributed by atoms with E-state index in [-0.39, 0.29) is 26.0 Å². The number of benzene rings is 2. The van der Waals surface area contributed by atoms with Crippen LogP contribution in [0.4, 0.5) is 0 Å². The number of hydrogen-bond acceptors (Lipinski definition) is 6. The Balaban J connectivity index is 0.000000277. The van der Waals surface area contributed by atoms with Crippen LogP contribution in [0.25, 0.3) is 0 Å². The summed E-state index contributed by atoms with van der Waals surface area (Å²) in [5.74, 6) is 0. The Morgan fingerprint density at radius 1 is 0.656 bits per heavy atom. The van der Waals surface area contributed by atoms with E-state index in [4.69, 9.17) is 9.31 Å². The van der Waals surface area contributed by atoms with Crippen LogP contribution in [-0.4, -0.2) is 79.0 Å². The number of hydrogen-bond donors (Lipinski definition) is 2. The highest BCUT2D eigenvalue weighted by molar-refractivity contribution is 6.68. The van der Waals surface area contributed by atoms with Crippen LogP contribution in [-0.2, 0) is 9.31 Å². The van der Waals surface area contributed by atoms with E-state index in [2.05, 4.69) is 112 Å². The van der Waals surface area contributed by atoms with E-state index in [1.807, 2.05) is 0 Å². The van der Waals surface area contributed by atoms with Gasteiger partial charge in [0.1, 0.15) is 0 Å². The Bertz CT molecular complexity index is 723. The van der Waals surface area contributed by atoms with Crippen LogP contribution >= 0.6 is 0 Å². The highest BCUT2D eigenvalue weighted by atomic mass is 16.5. The first-order valence-corrected chi connectivity index (χ1v) is 11.3. The Morgan fingerprint density at radius 3 is 1.28 bits per heavy atom. The predicted octanol–water partition coefficient (Wildman–Crippen LogP) is 1.45. The molecule has 8 heteroatoms. The molecule has 32 heavy (non-hydrogen) atoms. The maximum absolute atomic E-state index is 5.90. The molecule has 0 bridgehead atoms. The molecule has 0 saturated heterocycles. The Hall–Kier alpha value is -1.67. The molecule has 2 aliphatic rings. The summed E-state index contributed by atoms with van der Waals surface area (Å²) in [6.45, 7) is 6.65. The summed E-state index contributed by atoms with van der Waals surface area (Å²) in [7, 11) is 11.3. The summed E-state index contributed by atoms with van der Waals surface area (Å²) < 4.78 is 11.8. The second kappa shape index (κ2) is 14.5. The van der Waals surface area contributed by atoms with Crippen molar-refractivity contribution in [2.45, 2.75) is 25.9 Å². The summed E-state index contributed by atoms with van der Waals surface area (Å²) in [4.78, 5) is 4.33. The van der Waals surface area contributed by atoms with Crippen molar-refractivity contribution in [3.05, 3.63) is 59.7 Å². The maximum Gasteiger partial charge on any atom is 0.324 e. The topological polar surface area (TPSA) is 77.0 Å². The van der Waals surface area contributed by atoms with Crippen LogP contribution < -0.4 is 22.4 Å². The van der Waals surface area contributed by atoms with Crippen LogP contribution in [0.2, 0.25) is 13.6 Å². The molecule has 0 radical (unpaired) electrons. The van der Waals surface area contributed by atoms with Crippen molar-refractivity contribution in [2.24, 2.45) is 11.5 Å². The molecule has 0 amide bonds. The highest BCUT2D eigenvalue weighted by Gasteiger charge is 2.32. The normalized spacial score (nSPS) is 18.1. The van der Waals surface area contributed by atoms with Gasteiger partial charge in [-0.1, -0.05) is 62.2 Å². The van der Waals surface area contributed by atoms with Gasteiger partial charge in [0.15, 0.2) is 0 Å². The van der Waals surface area contributed by atoms with E-state index in [1.165, 1.54) is 36.1 Å². The van der Waals surface area contributed by atoms with E-state index in [0.29, 0.717) is 0 Å². The Kier molecular flexibility index (Phi) is 12.8. The van der Waals surface area contributed by atoms with Crippen molar-refractivity contribution in [1.82, 2.24) is 9.80 Å². The highest BCUT2D eigenvalue weighted by Crippen LogP contribution is 2.25. The molecule has 2 unspecified atom stereocenters. The van der Waals surface area contributed by atoms with E-state index in [9.17, 15) is 0 Å². The molecule has 2 aliphatic heterocycles. The van der Waals surface area contributed by atoms with E-state index < -0.39 is 0 Å². The lowest BCUT2D eigenvalue weighted by molar-refractivity contribution is 0.176. The lowest BCUT2D eigenvalue weighted by Crippen LogP contribution is -2.24.